The molecule has 9 rings (SSSR count). The first-order valence-corrected chi connectivity index (χ1v) is 14.9. The molecule has 1 heterocycles. The fraction of sp³-hybridized carbons (Fsp3) is 0. The average Bonchev–Trinajstić information content (AvgIpc) is 3.21. The third kappa shape index (κ3) is 3.52. The van der Waals surface area contributed by atoms with E-state index in [0.29, 0.717) is 0 Å². The topological polar surface area (TPSA) is 3.24 Å². The number of para-hydroxylation sites is 3. The summed E-state index contributed by atoms with van der Waals surface area (Å²) in [5.74, 6) is 0. The van der Waals surface area contributed by atoms with Crippen LogP contribution in [0, 0.1) is 0 Å². The van der Waals surface area contributed by atoms with Crippen LogP contribution in [0.1, 0.15) is 0 Å². The Morgan fingerprint density at radius 1 is 0.279 bits per heavy atom. The summed E-state index contributed by atoms with van der Waals surface area (Å²) in [5, 5.41) is 7.73. The summed E-state index contributed by atoms with van der Waals surface area (Å²) in [5.41, 5.74) is 11.0. The van der Waals surface area contributed by atoms with E-state index >= 15 is 0 Å². The monoisotopic (exact) mass is 545 g/mol. The van der Waals surface area contributed by atoms with Crippen LogP contribution < -0.4 is 4.90 Å². The fourth-order valence-electron chi connectivity index (χ4n) is 7.21. The summed E-state index contributed by atoms with van der Waals surface area (Å²) in [6.07, 6.45) is 0. The Balaban J connectivity index is 1.47. The first-order valence-electron chi connectivity index (χ1n) is 14.9. The van der Waals surface area contributed by atoms with Gasteiger partial charge in [0.05, 0.1) is 11.4 Å². The molecule has 0 aliphatic carbocycles. The van der Waals surface area contributed by atoms with Gasteiger partial charge in [-0.2, -0.15) is 0 Å². The lowest BCUT2D eigenvalue weighted by Gasteiger charge is -2.30. The number of benzene rings is 8. The second-order valence-corrected chi connectivity index (χ2v) is 11.3. The zero-order valence-corrected chi connectivity index (χ0v) is 23.5. The van der Waals surface area contributed by atoms with Crippen LogP contribution in [0.5, 0.6) is 0 Å². The second-order valence-electron chi connectivity index (χ2n) is 11.3. The smallest absolute Gasteiger partial charge is 0.0619 e. The molecule has 0 aromatic heterocycles. The number of rotatable bonds is 2. The van der Waals surface area contributed by atoms with Crippen molar-refractivity contribution in [1.82, 2.24) is 0 Å². The molecule has 1 heteroatoms. The zero-order valence-electron chi connectivity index (χ0n) is 23.5. The maximum absolute atomic E-state index is 2.47. The number of hydrogen-bond acceptors (Lipinski definition) is 1. The minimum absolute atomic E-state index is 1.15. The molecule has 43 heavy (non-hydrogen) atoms. The van der Waals surface area contributed by atoms with E-state index in [2.05, 4.69) is 169 Å². The summed E-state index contributed by atoms with van der Waals surface area (Å²) in [4.78, 5) is 2.47. The molecule has 0 unspecified atom stereocenters. The molecular formula is C42H27N. The quantitative estimate of drug-likeness (QED) is 0.195. The maximum atomic E-state index is 2.47. The van der Waals surface area contributed by atoms with Crippen molar-refractivity contribution in [2.24, 2.45) is 0 Å². The summed E-state index contributed by atoms with van der Waals surface area (Å²) in [7, 11) is 0. The minimum atomic E-state index is 1.15. The highest BCUT2D eigenvalue weighted by atomic mass is 15.2. The molecule has 0 fully saturated rings. The highest BCUT2D eigenvalue weighted by molar-refractivity contribution is 6.29. The van der Waals surface area contributed by atoms with Crippen LogP contribution in [-0.4, -0.2) is 0 Å². The zero-order chi connectivity index (χ0) is 28.3. The molecule has 1 nitrogen and oxygen atoms in total. The summed E-state index contributed by atoms with van der Waals surface area (Å²) >= 11 is 0. The summed E-state index contributed by atoms with van der Waals surface area (Å²) in [6, 6.07) is 59.8. The Labute approximate surface area is 250 Å². The second kappa shape index (κ2) is 9.44. The van der Waals surface area contributed by atoms with E-state index in [0.717, 1.165) is 5.69 Å². The molecule has 1 aliphatic rings. The van der Waals surface area contributed by atoms with Gasteiger partial charge in [0, 0.05) is 22.4 Å². The lowest BCUT2D eigenvalue weighted by molar-refractivity contribution is 1.30. The third-order valence-electron chi connectivity index (χ3n) is 8.98. The maximum Gasteiger partial charge on any atom is 0.0619 e. The van der Waals surface area contributed by atoms with E-state index in [9.17, 15) is 0 Å². The van der Waals surface area contributed by atoms with Gasteiger partial charge < -0.3 is 4.90 Å². The molecule has 0 atom stereocenters. The van der Waals surface area contributed by atoms with Gasteiger partial charge in [-0.25, -0.2) is 0 Å². The van der Waals surface area contributed by atoms with E-state index in [4.69, 9.17) is 0 Å². The molecular weight excluding hydrogens is 518 g/mol. The lowest BCUT2D eigenvalue weighted by atomic mass is 9.87. The van der Waals surface area contributed by atoms with Crippen LogP contribution in [0.3, 0.4) is 0 Å². The Morgan fingerprint density at radius 3 is 1.40 bits per heavy atom. The van der Waals surface area contributed by atoms with E-state index in [1.807, 2.05) is 0 Å². The van der Waals surface area contributed by atoms with E-state index in [1.54, 1.807) is 0 Å². The highest BCUT2D eigenvalue weighted by Crippen LogP contribution is 2.54. The molecule has 0 spiro atoms. The van der Waals surface area contributed by atoms with Crippen molar-refractivity contribution in [2.75, 3.05) is 4.90 Å². The van der Waals surface area contributed by atoms with Gasteiger partial charge in [0.2, 0.25) is 0 Å². The molecule has 0 radical (unpaired) electrons. The first-order chi connectivity index (χ1) is 21.4. The van der Waals surface area contributed by atoms with Crippen LogP contribution in [0.2, 0.25) is 0 Å². The molecule has 0 bridgehead atoms. The van der Waals surface area contributed by atoms with Gasteiger partial charge in [0.15, 0.2) is 0 Å². The third-order valence-corrected chi connectivity index (χ3v) is 8.98. The van der Waals surface area contributed by atoms with Gasteiger partial charge in [-0.05, 0) is 67.2 Å². The van der Waals surface area contributed by atoms with Crippen molar-refractivity contribution >= 4 is 49.4 Å². The van der Waals surface area contributed by atoms with E-state index in [-0.39, 0.29) is 0 Å². The number of hydrogen-bond donors (Lipinski definition) is 0. The average molecular weight is 546 g/mol. The summed E-state index contributed by atoms with van der Waals surface area (Å²) in [6.45, 7) is 0. The molecule has 1 aliphatic heterocycles. The molecule has 8 aromatic rings. The van der Waals surface area contributed by atoms with Crippen molar-refractivity contribution in [3.63, 3.8) is 0 Å². The van der Waals surface area contributed by atoms with E-state index < -0.39 is 0 Å². The minimum Gasteiger partial charge on any atom is -0.309 e. The SMILES string of the molecule is c1ccc(N2c3ccccc3-c3ccccc3-c3cccc(-c4cccc5c6ccccc6c6ccccc6c45)c32)cc1. The van der Waals surface area contributed by atoms with Gasteiger partial charge in [-0.1, -0.05) is 146 Å². The normalized spacial score (nSPS) is 12.1. The van der Waals surface area contributed by atoms with Gasteiger partial charge >= 0.3 is 0 Å². The van der Waals surface area contributed by atoms with Crippen LogP contribution in [0.15, 0.2) is 164 Å². The predicted molar refractivity (Wildman–Crippen MR) is 184 cm³/mol. The highest BCUT2D eigenvalue weighted by Gasteiger charge is 2.29. The van der Waals surface area contributed by atoms with Gasteiger partial charge in [-0.15, -0.1) is 0 Å². The van der Waals surface area contributed by atoms with Crippen molar-refractivity contribution < 1.29 is 0 Å². The standard InChI is InChI=1S/C42H27N/c1-2-14-28(15-3-1)43-40-27-11-10-21-34(40)30-17-5-7-20-33(30)38-25-13-26-39(42(38)43)37-24-12-23-36-32-18-6-4-16-29(32)31-19-8-9-22-35(31)41(36)37/h1-27H. The molecule has 8 aromatic carbocycles. The van der Waals surface area contributed by atoms with Crippen molar-refractivity contribution in [3.8, 4) is 33.4 Å². The first kappa shape index (κ1) is 24.0. The Hall–Kier alpha value is -5.66. The molecule has 0 N–H and O–H groups in total. The number of fused-ring (bicyclic) bond motifs is 11. The van der Waals surface area contributed by atoms with Crippen LogP contribution >= 0.6 is 0 Å². The van der Waals surface area contributed by atoms with Crippen molar-refractivity contribution in [1.29, 1.82) is 0 Å². The number of anilines is 3. The van der Waals surface area contributed by atoms with Gasteiger partial charge in [0.1, 0.15) is 0 Å². The Bertz CT molecular complexity index is 2300. The van der Waals surface area contributed by atoms with E-state index in [1.165, 1.54) is 77.1 Å². The lowest BCUT2D eigenvalue weighted by Crippen LogP contribution is -2.12. The van der Waals surface area contributed by atoms with Crippen molar-refractivity contribution in [3.05, 3.63) is 164 Å². The molecule has 0 amide bonds. The molecule has 0 saturated heterocycles. The van der Waals surface area contributed by atoms with Crippen LogP contribution in [0.4, 0.5) is 17.1 Å². The van der Waals surface area contributed by atoms with Gasteiger partial charge in [0.25, 0.3) is 0 Å². The van der Waals surface area contributed by atoms with Crippen LogP contribution in [-0.2, 0) is 0 Å². The fourth-order valence-corrected chi connectivity index (χ4v) is 7.21. The Morgan fingerprint density at radius 2 is 0.698 bits per heavy atom. The number of nitrogens with zero attached hydrogens (tertiary/aromatic N) is 1. The summed E-state index contributed by atoms with van der Waals surface area (Å²) < 4.78 is 0. The molecule has 0 saturated carbocycles. The molecule has 200 valence electrons. The van der Waals surface area contributed by atoms with Gasteiger partial charge in [-0.3, -0.25) is 0 Å². The predicted octanol–water partition coefficient (Wildman–Crippen LogP) is 11.9. The van der Waals surface area contributed by atoms with Crippen LogP contribution in [0.25, 0.3) is 65.7 Å². The largest absolute Gasteiger partial charge is 0.309 e. The Kier molecular flexibility index (Phi) is 5.27. The van der Waals surface area contributed by atoms with Crippen molar-refractivity contribution in [2.45, 2.75) is 0 Å².